The van der Waals surface area contributed by atoms with Crippen LogP contribution in [-0.4, -0.2) is 82.2 Å². The van der Waals surface area contributed by atoms with Crippen LogP contribution in [0.3, 0.4) is 0 Å². The standard InChI is InChI=1S/C21H33ClN4O3/c1-23-20(25-15-21(6-10-27)7-11-29-16-21)24-14-19(26-8-12-28-13-9-26)17-4-2-3-5-18(17)22/h2-5,19,27H,6-16H2,1H3,(H2,23,24,25). The van der Waals surface area contributed by atoms with Crippen molar-refractivity contribution in [3.8, 4) is 0 Å². The lowest BCUT2D eigenvalue weighted by Crippen LogP contribution is -2.48. The summed E-state index contributed by atoms with van der Waals surface area (Å²) in [5.41, 5.74) is 1.08. The van der Waals surface area contributed by atoms with E-state index in [4.69, 9.17) is 21.1 Å². The first-order valence-corrected chi connectivity index (χ1v) is 10.7. The third-order valence-electron chi connectivity index (χ3n) is 5.90. The monoisotopic (exact) mass is 424 g/mol. The zero-order chi connectivity index (χ0) is 20.5. The van der Waals surface area contributed by atoms with E-state index in [1.54, 1.807) is 7.05 Å². The number of halogens is 1. The molecule has 2 heterocycles. The fourth-order valence-corrected chi connectivity index (χ4v) is 4.33. The molecule has 0 aromatic heterocycles. The molecule has 0 spiro atoms. The Morgan fingerprint density at radius 2 is 2.03 bits per heavy atom. The number of ether oxygens (including phenoxy) is 2. The Hall–Kier alpha value is -1.38. The van der Waals surface area contributed by atoms with E-state index >= 15 is 0 Å². The Balaban J connectivity index is 1.63. The average molecular weight is 425 g/mol. The van der Waals surface area contributed by atoms with Crippen molar-refractivity contribution in [3.63, 3.8) is 0 Å². The molecule has 2 aliphatic rings. The Labute approximate surface area is 178 Å². The molecule has 2 fully saturated rings. The van der Waals surface area contributed by atoms with E-state index in [2.05, 4.69) is 26.6 Å². The molecule has 0 aliphatic carbocycles. The predicted molar refractivity (Wildman–Crippen MR) is 116 cm³/mol. The highest BCUT2D eigenvalue weighted by molar-refractivity contribution is 6.31. The first kappa shape index (κ1) is 22.3. The van der Waals surface area contributed by atoms with Gasteiger partial charge in [-0.3, -0.25) is 9.89 Å². The van der Waals surface area contributed by atoms with Crippen molar-refractivity contribution in [2.24, 2.45) is 10.4 Å². The molecule has 0 amide bonds. The Bertz CT molecular complexity index is 661. The number of aliphatic hydroxyl groups excluding tert-OH is 1. The molecule has 2 atom stereocenters. The number of aliphatic hydroxyl groups is 1. The molecular formula is C21H33ClN4O3. The van der Waals surface area contributed by atoms with Crippen LogP contribution in [0, 0.1) is 5.41 Å². The topological polar surface area (TPSA) is 78.4 Å². The van der Waals surface area contributed by atoms with Crippen LogP contribution in [-0.2, 0) is 9.47 Å². The predicted octanol–water partition coefficient (Wildman–Crippen LogP) is 1.67. The maximum atomic E-state index is 9.43. The summed E-state index contributed by atoms with van der Waals surface area (Å²) in [5, 5.41) is 17.1. The first-order chi connectivity index (χ1) is 14.2. The molecule has 1 aromatic rings. The van der Waals surface area contributed by atoms with Crippen LogP contribution in [0.25, 0.3) is 0 Å². The molecule has 3 rings (SSSR count). The summed E-state index contributed by atoms with van der Waals surface area (Å²) in [7, 11) is 1.78. The smallest absolute Gasteiger partial charge is 0.191 e. The number of aliphatic imine (C=N–C) groups is 1. The highest BCUT2D eigenvalue weighted by atomic mass is 35.5. The summed E-state index contributed by atoms with van der Waals surface area (Å²) in [6, 6.07) is 8.15. The number of hydrogen-bond donors (Lipinski definition) is 3. The lowest BCUT2D eigenvalue weighted by atomic mass is 9.84. The molecular weight excluding hydrogens is 392 g/mol. The van der Waals surface area contributed by atoms with Gasteiger partial charge in [-0.05, 0) is 24.5 Å². The number of guanidine groups is 1. The lowest BCUT2D eigenvalue weighted by Gasteiger charge is -2.35. The summed E-state index contributed by atoms with van der Waals surface area (Å²) in [4.78, 5) is 6.79. The van der Waals surface area contributed by atoms with Crippen LogP contribution in [0.15, 0.2) is 29.3 Å². The zero-order valence-corrected chi connectivity index (χ0v) is 18.0. The normalized spacial score (nSPS) is 24.4. The minimum Gasteiger partial charge on any atom is -0.396 e. The van der Waals surface area contributed by atoms with Crippen molar-refractivity contribution < 1.29 is 14.6 Å². The Morgan fingerprint density at radius 3 is 2.69 bits per heavy atom. The van der Waals surface area contributed by atoms with Crippen molar-refractivity contribution in [1.82, 2.24) is 15.5 Å². The second kappa shape index (κ2) is 11.1. The number of benzene rings is 1. The number of nitrogens with zero attached hydrogens (tertiary/aromatic N) is 2. The van der Waals surface area contributed by atoms with Crippen LogP contribution in [0.4, 0.5) is 0 Å². The van der Waals surface area contributed by atoms with Gasteiger partial charge >= 0.3 is 0 Å². The van der Waals surface area contributed by atoms with Crippen molar-refractivity contribution >= 4 is 17.6 Å². The largest absolute Gasteiger partial charge is 0.396 e. The van der Waals surface area contributed by atoms with Gasteiger partial charge in [0.05, 0.1) is 25.9 Å². The summed E-state index contributed by atoms with van der Waals surface area (Å²) in [5.74, 6) is 0.750. The van der Waals surface area contributed by atoms with Crippen molar-refractivity contribution in [1.29, 1.82) is 0 Å². The lowest BCUT2D eigenvalue weighted by molar-refractivity contribution is 0.0170. The molecule has 29 heavy (non-hydrogen) atoms. The molecule has 0 bridgehead atoms. The van der Waals surface area contributed by atoms with Gasteiger partial charge in [0.2, 0.25) is 0 Å². The van der Waals surface area contributed by atoms with Gasteiger partial charge in [0.25, 0.3) is 0 Å². The van der Waals surface area contributed by atoms with Crippen LogP contribution < -0.4 is 10.6 Å². The highest BCUT2D eigenvalue weighted by Crippen LogP contribution is 2.31. The van der Waals surface area contributed by atoms with Crippen LogP contribution in [0.5, 0.6) is 0 Å². The average Bonchev–Trinajstić information content (AvgIpc) is 3.21. The van der Waals surface area contributed by atoms with Gasteiger partial charge in [0, 0.05) is 56.9 Å². The zero-order valence-electron chi connectivity index (χ0n) is 17.2. The fourth-order valence-electron chi connectivity index (χ4n) is 4.07. The Kier molecular flexibility index (Phi) is 8.56. The van der Waals surface area contributed by atoms with Crippen LogP contribution >= 0.6 is 11.6 Å². The van der Waals surface area contributed by atoms with Gasteiger partial charge < -0.3 is 25.2 Å². The van der Waals surface area contributed by atoms with Crippen LogP contribution in [0.1, 0.15) is 24.4 Å². The van der Waals surface area contributed by atoms with Gasteiger partial charge in [0.1, 0.15) is 0 Å². The number of morpholine rings is 1. The molecule has 0 radical (unpaired) electrons. The maximum Gasteiger partial charge on any atom is 0.191 e. The third kappa shape index (κ3) is 6.06. The SMILES string of the molecule is CN=C(NCC(c1ccccc1Cl)N1CCOCC1)NCC1(CCO)CCOC1. The highest BCUT2D eigenvalue weighted by Gasteiger charge is 2.34. The van der Waals surface area contributed by atoms with Crippen molar-refractivity contribution in [2.75, 3.05) is 66.3 Å². The molecule has 8 heteroatoms. The van der Waals surface area contributed by atoms with Gasteiger partial charge in [-0.25, -0.2) is 0 Å². The molecule has 3 N–H and O–H groups in total. The van der Waals surface area contributed by atoms with E-state index in [0.717, 1.165) is 68.8 Å². The molecule has 2 aliphatic heterocycles. The van der Waals surface area contributed by atoms with Gasteiger partial charge in [-0.15, -0.1) is 0 Å². The molecule has 7 nitrogen and oxygen atoms in total. The number of hydrogen-bond acceptors (Lipinski definition) is 5. The van der Waals surface area contributed by atoms with Crippen molar-refractivity contribution in [3.05, 3.63) is 34.9 Å². The molecule has 2 unspecified atom stereocenters. The van der Waals surface area contributed by atoms with Gasteiger partial charge in [-0.1, -0.05) is 29.8 Å². The van der Waals surface area contributed by atoms with E-state index in [1.165, 1.54) is 0 Å². The molecule has 0 saturated carbocycles. The van der Waals surface area contributed by atoms with Crippen LogP contribution in [0.2, 0.25) is 5.02 Å². The molecule has 2 saturated heterocycles. The first-order valence-electron chi connectivity index (χ1n) is 10.4. The number of rotatable bonds is 8. The van der Waals surface area contributed by atoms with Gasteiger partial charge in [0.15, 0.2) is 5.96 Å². The molecule has 1 aromatic carbocycles. The van der Waals surface area contributed by atoms with E-state index in [-0.39, 0.29) is 18.1 Å². The summed E-state index contributed by atoms with van der Waals surface area (Å²) in [6.07, 6.45) is 1.68. The van der Waals surface area contributed by atoms with E-state index < -0.39 is 0 Å². The quantitative estimate of drug-likeness (QED) is 0.435. The molecule has 162 valence electrons. The van der Waals surface area contributed by atoms with Gasteiger partial charge in [-0.2, -0.15) is 0 Å². The Morgan fingerprint density at radius 1 is 1.24 bits per heavy atom. The summed E-state index contributed by atoms with van der Waals surface area (Å²) < 4.78 is 11.1. The minimum atomic E-state index is -0.0290. The van der Waals surface area contributed by atoms with Crippen molar-refractivity contribution in [2.45, 2.75) is 18.9 Å². The summed E-state index contributed by atoms with van der Waals surface area (Å²) in [6.45, 7) is 6.22. The number of nitrogens with one attached hydrogen (secondary N) is 2. The van der Waals surface area contributed by atoms with E-state index in [1.807, 2.05) is 18.2 Å². The fraction of sp³-hybridized carbons (Fsp3) is 0.667. The minimum absolute atomic E-state index is 0.0290. The maximum absolute atomic E-state index is 9.43. The van der Waals surface area contributed by atoms with E-state index in [9.17, 15) is 5.11 Å². The second-order valence-corrected chi connectivity index (χ2v) is 8.18. The third-order valence-corrected chi connectivity index (χ3v) is 6.24. The summed E-state index contributed by atoms with van der Waals surface area (Å²) >= 11 is 6.52. The second-order valence-electron chi connectivity index (χ2n) is 7.77. The van der Waals surface area contributed by atoms with E-state index in [0.29, 0.717) is 13.2 Å².